The van der Waals surface area contributed by atoms with Gasteiger partial charge in [-0.05, 0) is 37.5 Å². The zero-order valence-electron chi connectivity index (χ0n) is 12.4. The molecule has 2 fully saturated rings. The fourth-order valence-electron chi connectivity index (χ4n) is 4.50. The van der Waals surface area contributed by atoms with Gasteiger partial charge in [0, 0.05) is 19.0 Å². The van der Waals surface area contributed by atoms with E-state index in [1.165, 1.54) is 82.9 Å². The third-order valence-corrected chi connectivity index (χ3v) is 5.55. The summed E-state index contributed by atoms with van der Waals surface area (Å²) in [6.07, 6.45) is 16.9. The summed E-state index contributed by atoms with van der Waals surface area (Å²) in [7, 11) is 0. The van der Waals surface area contributed by atoms with E-state index in [0.29, 0.717) is 0 Å². The summed E-state index contributed by atoms with van der Waals surface area (Å²) < 4.78 is 0. The molecule has 0 aromatic rings. The van der Waals surface area contributed by atoms with Crippen LogP contribution < -0.4 is 5.32 Å². The van der Waals surface area contributed by atoms with Gasteiger partial charge in [-0.1, -0.05) is 44.9 Å². The van der Waals surface area contributed by atoms with Crippen LogP contribution in [0.15, 0.2) is 4.99 Å². The first kappa shape index (κ1) is 13.5. The molecular formula is C17H30N2. The van der Waals surface area contributed by atoms with Crippen LogP contribution in [0.25, 0.3) is 0 Å². The zero-order chi connectivity index (χ0) is 12.9. The van der Waals surface area contributed by atoms with Crippen LogP contribution in [0.2, 0.25) is 0 Å². The largest absolute Gasteiger partial charge is 0.371 e. The fraction of sp³-hybridized carbons (Fsp3) is 0.941. The van der Waals surface area contributed by atoms with Crippen molar-refractivity contribution < 1.29 is 0 Å². The van der Waals surface area contributed by atoms with E-state index in [1.807, 2.05) is 0 Å². The maximum Gasteiger partial charge on any atom is 0.0965 e. The van der Waals surface area contributed by atoms with Crippen LogP contribution in [0.1, 0.15) is 77.0 Å². The Morgan fingerprint density at radius 1 is 0.789 bits per heavy atom. The number of aliphatic imine (C=N–C) groups is 1. The Kier molecular flexibility index (Phi) is 4.79. The second-order valence-corrected chi connectivity index (χ2v) is 6.88. The van der Waals surface area contributed by atoms with Crippen LogP contribution in [0.4, 0.5) is 0 Å². The van der Waals surface area contributed by atoms with Gasteiger partial charge in [-0.15, -0.1) is 0 Å². The third-order valence-electron chi connectivity index (χ3n) is 5.55. The van der Waals surface area contributed by atoms with Crippen molar-refractivity contribution in [2.45, 2.75) is 83.1 Å². The van der Waals surface area contributed by atoms with Crippen LogP contribution in [-0.2, 0) is 0 Å². The minimum atomic E-state index is 0.750. The molecule has 0 amide bonds. The predicted octanol–water partition coefficient (Wildman–Crippen LogP) is 4.30. The minimum absolute atomic E-state index is 0.750. The van der Waals surface area contributed by atoms with Gasteiger partial charge in [0.15, 0.2) is 0 Å². The SMILES string of the molecule is C1CCN=C(NC2CCCC2C2CCCCC2)CC1. The predicted molar refractivity (Wildman–Crippen MR) is 81.6 cm³/mol. The molecule has 0 spiro atoms. The molecule has 3 aliphatic rings. The van der Waals surface area contributed by atoms with E-state index in [9.17, 15) is 0 Å². The van der Waals surface area contributed by atoms with Gasteiger partial charge in [0.1, 0.15) is 0 Å². The highest BCUT2D eigenvalue weighted by atomic mass is 15.0. The van der Waals surface area contributed by atoms with Crippen LogP contribution in [-0.4, -0.2) is 18.4 Å². The molecule has 2 nitrogen and oxygen atoms in total. The van der Waals surface area contributed by atoms with E-state index >= 15 is 0 Å². The molecule has 108 valence electrons. The Morgan fingerprint density at radius 3 is 2.53 bits per heavy atom. The first-order valence-electron chi connectivity index (χ1n) is 8.73. The van der Waals surface area contributed by atoms with E-state index in [0.717, 1.165) is 24.4 Å². The Labute approximate surface area is 118 Å². The Morgan fingerprint density at radius 2 is 1.63 bits per heavy atom. The second kappa shape index (κ2) is 6.76. The van der Waals surface area contributed by atoms with Crippen molar-refractivity contribution in [1.82, 2.24) is 5.32 Å². The highest BCUT2D eigenvalue weighted by Gasteiger charge is 2.34. The maximum absolute atomic E-state index is 4.77. The lowest BCUT2D eigenvalue weighted by Crippen LogP contribution is -2.40. The number of amidine groups is 1. The van der Waals surface area contributed by atoms with Gasteiger partial charge in [0.25, 0.3) is 0 Å². The molecule has 2 unspecified atom stereocenters. The average molecular weight is 262 g/mol. The fourth-order valence-corrected chi connectivity index (χ4v) is 4.50. The normalized spacial score (nSPS) is 33.8. The highest BCUT2D eigenvalue weighted by molar-refractivity contribution is 5.82. The Balaban J connectivity index is 1.57. The van der Waals surface area contributed by atoms with Gasteiger partial charge < -0.3 is 5.32 Å². The van der Waals surface area contributed by atoms with Crippen molar-refractivity contribution in [3.63, 3.8) is 0 Å². The number of rotatable bonds is 2. The Hall–Kier alpha value is -0.530. The first-order chi connectivity index (χ1) is 9.43. The van der Waals surface area contributed by atoms with Crippen LogP contribution in [0.3, 0.4) is 0 Å². The van der Waals surface area contributed by atoms with E-state index in [4.69, 9.17) is 4.99 Å². The zero-order valence-corrected chi connectivity index (χ0v) is 12.4. The molecule has 1 aliphatic heterocycles. The van der Waals surface area contributed by atoms with Gasteiger partial charge in [-0.3, -0.25) is 4.99 Å². The molecule has 3 rings (SSSR count). The maximum atomic E-state index is 4.77. The van der Waals surface area contributed by atoms with Gasteiger partial charge in [-0.25, -0.2) is 0 Å². The number of hydrogen-bond acceptors (Lipinski definition) is 2. The van der Waals surface area contributed by atoms with E-state index < -0.39 is 0 Å². The third kappa shape index (κ3) is 3.52. The number of hydrogen-bond donors (Lipinski definition) is 1. The number of nitrogens with one attached hydrogen (secondary N) is 1. The van der Waals surface area contributed by atoms with E-state index in [2.05, 4.69) is 5.32 Å². The summed E-state index contributed by atoms with van der Waals surface area (Å²) in [6, 6.07) is 0.750. The van der Waals surface area contributed by atoms with Crippen LogP contribution >= 0.6 is 0 Å². The summed E-state index contributed by atoms with van der Waals surface area (Å²) in [6.45, 7) is 1.06. The van der Waals surface area contributed by atoms with Crippen molar-refractivity contribution in [3.05, 3.63) is 0 Å². The molecule has 2 atom stereocenters. The van der Waals surface area contributed by atoms with E-state index in [-0.39, 0.29) is 0 Å². The summed E-state index contributed by atoms with van der Waals surface area (Å²) in [5, 5.41) is 3.86. The quantitative estimate of drug-likeness (QED) is 0.788. The second-order valence-electron chi connectivity index (χ2n) is 6.88. The summed E-state index contributed by atoms with van der Waals surface area (Å²) in [5.41, 5.74) is 0. The molecule has 0 aromatic heterocycles. The molecule has 0 aromatic carbocycles. The topological polar surface area (TPSA) is 24.4 Å². The molecule has 2 aliphatic carbocycles. The smallest absolute Gasteiger partial charge is 0.0965 e. The van der Waals surface area contributed by atoms with Crippen molar-refractivity contribution in [2.24, 2.45) is 16.8 Å². The minimum Gasteiger partial charge on any atom is -0.371 e. The van der Waals surface area contributed by atoms with Gasteiger partial charge in [0.2, 0.25) is 0 Å². The summed E-state index contributed by atoms with van der Waals surface area (Å²) in [5.74, 6) is 3.30. The molecule has 1 heterocycles. The standard InChI is InChI=1S/C17H30N2/c1-3-8-14(9-4-1)15-10-7-11-16(15)19-17-12-5-2-6-13-18-17/h14-16H,1-13H2,(H,18,19). The van der Waals surface area contributed by atoms with Crippen molar-refractivity contribution in [3.8, 4) is 0 Å². The first-order valence-corrected chi connectivity index (χ1v) is 8.73. The monoisotopic (exact) mass is 262 g/mol. The van der Waals surface area contributed by atoms with E-state index in [1.54, 1.807) is 0 Å². The lowest BCUT2D eigenvalue weighted by Gasteiger charge is -2.32. The van der Waals surface area contributed by atoms with Crippen LogP contribution in [0, 0.1) is 11.8 Å². The molecule has 0 bridgehead atoms. The molecule has 19 heavy (non-hydrogen) atoms. The lowest BCUT2D eigenvalue weighted by molar-refractivity contribution is 0.226. The molecule has 2 saturated carbocycles. The highest BCUT2D eigenvalue weighted by Crippen LogP contribution is 2.39. The lowest BCUT2D eigenvalue weighted by atomic mass is 9.77. The summed E-state index contributed by atoms with van der Waals surface area (Å²) >= 11 is 0. The summed E-state index contributed by atoms with van der Waals surface area (Å²) in [4.78, 5) is 4.77. The molecular weight excluding hydrogens is 232 g/mol. The van der Waals surface area contributed by atoms with Gasteiger partial charge >= 0.3 is 0 Å². The molecule has 1 N–H and O–H groups in total. The molecule has 0 saturated heterocycles. The Bertz CT molecular complexity index is 304. The van der Waals surface area contributed by atoms with Crippen molar-refractivity contribution in [1.29, 1.82) is 0 Å². The average Bonchev–Trinajstić information content (AvgIpc) is 2.75. The van der Waals surface area contributed by atoms with Crippen LogP contribution in [0.5, 0.6) is 0 Å². The van der Waals surface area contributed by atoms with Gasteiger partial charge in [0.05, 0.1) is 5.84 Å². The van der Waals surface area contributed by atoms with Crippen molar-refractivity contribution >= 4 is 5.84 Å². The molecule has 2 heteroatoms. The molecule has 0 radical (unpaired) electrons. The van der Waals surface area contributed by atoms with Gasteiger partial charge in [-0.2, -0.15) is 0 Å². The number of nitrogens with zero attached hydrogens (tertiary/aromatic N) is 1. The van der Waals surface area contributed by atoms with Crippen molar-refractivity contribution in [2.75, 3.05) is 6.54 Å².